The zero-order valence-electron chi connectivity index (χ0n) is 14.7. The highest BCUT2D eigenvalue weighted by Gasteiger charge is 2.17. The minimum atomic E-state index is -0.210. The number of benzene rings is 2. The van der Waals surface area contributed by atoms with Gasteiger partial charge in [0.05, 0.1) is 23.1 Å². The smallest absolute Gasteiger partial charge is 0.259 e. The Kier molecular flexibility index (Phi) is 4.08. The fourth-order valence-corrected chi connectivity index (χ4v) is 2.97. The molecule has 0 saturated heterocycles. The first-order valence-electron chi connectivity index (χ1n) is 8.44. The minimum Gasteiger partial charge on any atom is -0.486 e. The summed E-state index contributed by atoms with van der Waals surface area (Å²) >= 11 is 0. The van der Waals surface area contributed by atoms with E-state index in [1.54, 1.807) is 29.1 Å². The van der Waals surface area contributed by atoms with Gasteiger partial charge in [-0.2, -0.15) is 5.10 Å². The first-order valence-corrected chi connectivity index (χ1v) is 8.44. The van der Waals surface area contributed by atoms with Gasteiger partial charge in [-0.05, 0) is 43.7 Å². The molecular weight excluding hydrogens is 330 g/mol. The van der Waals surface area contributed by atoms with Crippen molar-refractivity contribution in [2.24, 2.45) is 0 Å². The van der Waals surface area contributed by atoms with Gasteiger partial charge in [0.25, 0.3) is 5.91 Å². The quantitative estimate of drug-likeness (QED) is 0.786. The molecule has 0 bridgehead atoms. The summed E-state index contributed by atoms with van der Waals surface area (Å²) in [4.78, 5) is 12.7. The Labute approximate surface area is 151 Å². The van der Waals surface area contributed by atoms with Crippen LogP contribution in [0.3, 0.4) is 0 Å². The molecule has 2 heterocycles. The largest absolute Gasteiger partial charge is 0.486 e. The van der Waals surface area contributed by atoms with Crippen molar-refractivity contribution in [2.75, 3.05) is 18.5 Å². The summed E-state index contributed by atoms with van der Waals surface area (Å²) in [6.07, 6.45) is 1.59. The summed E-state index contributed by atoms with van der Waals surface area (Å²) in [6, 6.07) is 13.4. The highest BCUT2D eigenvalue weighted by molar-refractivity contribution is 6.05. The van der Waals surface area contributed by atoms with Crippen LogP contribution in [0.2, 0.25) is 0 Å². The predicted molar refractivity (Wildman–Crippen MR) is 98.4 cm³/mol. The number of carbonyl (C=O) groups is 1. The van der Waals surface area contributed by atoms with E-state index < -0.39 is 0 Å². The molecule has 0 radical (unpaired) electrons. The lowest BCUT2D eigenvalue weighted by Crippen LogP contribution is -2.16. The number of fused-ring (bicyclic) bond motifs is 1. The lowest BCUT2D eigenvalue weighted by atomic mass is 10.2. The second-order valence-electron chi connectivity index (χ2n) is 6.21. The van der Waals surface area contributed by atoms with Crippen LogP contribution in [0.25, 0.3) is 5.69 Å². The molecule has 0 unspecified atom stereocenters. The van der Waals surface area contributed by atoms with Crippen molar-refractivity contribution in [3.8, 4) is 17.2 Å². The molecule has 0 atom stereocenters. The molecule has 132 valence electrons. The lowest BCUT2D eigenvalue weighted by molar-refractivity contribution is 0.102. The summed E-state index contributed by atoms with van der Waals surface area (Å²) in [6.45, 7) is 4.95. The SMILES string of the molecule is Cc1cccc(-n2ncc(C(=O)Nc3ccc4c(c3)OCCO4)c2C)c1. The number of hydrogen-bond acceptors (Lipinski definition) is 4. The molecule has 1 N–H and O–H groups in total. The second-order valence-corrected chi connectivity index (χ2v) is 6.21. The van der Waals surface area contributed by atoms with E-state index in [0.717, 1.165) is 16.9 Å². The topological polar surface area (TPSA) is 65.4 Å². The number of anilines is 1. The molecule has 2 aromatic carbocycles. The summed E-state index contributed by atoms with van der Waals surface area (Å²) in [5.74, 6) is 1.12. The van der Waals surface area contributed by atoms with Crippen molar-refractivity contribution < 1.29 is 14.3 Å². The number of ether oxygens (including phenoxy) is 2. The molecule has 6 nitrogen and oxygen atoms in total. The molecule has 4 rings (SSSR count). The van der Waals surface area contributed by atoms with E-state index in [2.05, 4.69) is 10.4 Å². The Morgan fingerprint density at radius 2 is 1.88 bits per heavy atom. The molecule has 1 aliphatic rings. The molecule has 26 heavy (non-hydrogen) atoms. The third kappa shape index (κ3) is 3.01. The van der Waals surface area contributed by atoms with Crippen molar-refractivity contribution in [3.05, 3.63) is 65.5 Å². The highest BCUT2D eigenvalue weighted by atomic mass is 16.6. The molecule has 0 fully saturated rings. The number of aryl methyl sites for hydroxylation is 1. The van der Waals surface area contributed by atoms with Gasteiger partial charge in [-0.15, -0.1) is 0 Å². The number of amides is 1. The minimum absolute atomic E-state index is 0.210. The van der Waals surface area contributed by atoms with Crippen LogP contribution in [0, 0.1) is 13.8 Å². The molecule has 6 heteroatoms. The van der Waals surface area contributed by atoms with E-state index >= 15 is 0 Å². The number of nitrogens with one attached hydrogen (secondary N) is 1. The van der Waals surface area contributed by atoms with Crippen molar-refractivity contribution in [3.63, 3.8) is 0 Å². The summed E-state index contributed by atoms with van der Waals surface area (Å²) in [7, 11) is 0. The highest BCUT2D eigenvalue weighted by Crippen LogP contribution is 2.32. The maximum absolute atomic E-state index is 12.7. The zero-order chi connectivity index (χ0) is 18.1. The molecule has 1 aliphatic heterocycles. The van der Waals surface area contributed by atoms with E-state index in [0.29, 0.717) is 36.0 Å². The first-order chi connectivity index (χ1) is 12.6. The molecule has 3 aromatic rings. The maximum Gasteiger partial charge on any atom is 0.259 e. The first kappa shape index (κ1) is 16.2. The van der Waals surface area contributed by atoms with Crippen molar-refractivity contribution in [1.29, 1.82) is 0 Å². The predicted octanol–water partition coefficient (Wildman–Crippen LogP) is 3.51. The van der Waals surface area contributed by atoms with Crippen LogP contribution >= 0.6 is 0 Å². The third-order valence-electron chi connectivity index (χ3n) is 4.30. The van der Waals surface area contributed by atoms with E-state index in [-0.39, 0.29) is 5.91 Å². The second kappa shape index (κ2) is 6.55. The van der Waals surface area contributed by atoms with E-state index in [1.165, 1.54) is 0 Å². The average Bonchev–Trinajstić information content (AvgIpc) is 3.03. The fraction of sp³-hybridized carbons (Fsp3) is 0.200. The maximum atomic E-state index is 12.7. The van der Waals surface area contributed by atoms with Crippen molar-refractivity contribution in [1.82, 2.24) is 9.78 Å². The number of hydrogen-bond donors (Lipinski definition) is 1. The van der Waals surface area contributed by atoms with E-state index in [4.69, 9.17) is 9.47 Å². The Morgan fingerprint density at radius 1 is 1.08 bits per heavy atom. The normalized spacial score (nSPS) is 12.7. The van der Waals surface area contributed by atoms with Crippen LogP contribution in [-0.2, 0) is 0 Å². The zero-order valence-corrected chi connectivity index (χ0v) is 14.7. The molecule has 0 saturated carbocycles. The number of rotatable bonds is 3. The van der Waals surface area contributed by atoms with Gasteiger partial charge in [0.1, 0.15) is 13.2 Å². The van der Waals surface area contributed by atoms with E-state index in [1.807, 2.05) is 38.1 Å². The molecule has 0 aliphatic carbocycles. The molecule has 1 amide bonds. The molecular formula is C20H19N3O3. The molecule has 0 spiro atoms. The summed E-state index contributed by atoms with van der Waals surface area (Å²) < 4.78 is 12.8. The van der Waals surface area contributed by atoms with Gasteiger partial charge < -0.3 is 14.8 Å². The summed E-state index contributed by atoms with van der Waals surface area (Å²) in [5, 5.41) is 7.27. The van der Waals surface area contributed by atoms with Crippen LogP contribution in [0.1, 0.15) is 21.6 Å². The lowest BCUT2D eigenvalue weighted by Gasteiger charge is -2.19. The van der Waals surface area contributed by atoms with E-state index in [9.17, 15) is 4.79 Å². The van der Waals surface area contributed by atoms with Gasteiger partial charge in [-0.3, -0.25) is 4.79 Å². The van der Waals surface area contributed by atoms with Crippen molar-refractivity contribution >= 4 is 11.6 Å². The number of nitrogens with zero attached hydrogens (tertiary/aromatic N) is 2. The van der Waals surface area contributed by atoms with Crippen LogP contribution in [0.4, 0.5) is 5.69 Å². The van der Waals surface area contributed by atoms with Gasteiger partial charge >= 0.3 is 0 Å². The number of carbonyl (C=O) groups excluding carboxylic acids is 1. The van der Waals surface area contributed by atoms with Crippen LogP contribution in [0.15, 0.2) is 48.7 Å². The average molecular weight is 349 g/mol. The van der Waals surface area contributed by atoms with Gasteiger partial charge in [0.15, 0.2) is 11.5 Å². The third-order valence-corrected chi connectivity index (χ3v) is 4.30. The van der Waals surface area contributed by atoms with Gasteiger partial charge in [-0.1, -0.05) is 12.1 Å². The number of aromatic nitrogens is 2. The van der Waals surface area contributed by atoms with Gasteiger partial charge in [0, 0.05) is 11.8 Å². The van der Waals surface area contributed by atoms with Crippen molar-refractivity contribution in [2.45, 2.75) is 13.8 Å². The standard InChI is InChI=1S/C20H19N3O3/c1-13-4-3-5-16(10-13)23-14(2)17(12-21-23)20(24)22-15-6-7-18-19(11-15)26-9-8-25-18/h3-7,10-12H,8-9H2,1-2H3,(H,22,24). The van der Waals surface area contributed by atoms with Crippen LogP contribution < -0.4 is 14.8 Å². The van der Waals surface area contributed by atoms with Gasteiger partial charge in [0.2, 0.25) is 0 Å². The Bertz CT molecular complexity index is 978. The Morgan fingerprint density at radius 3 is 2.69 bits per heavy atom. The monoisotopic (exact) mass is 349 g/mol. The van der Waals surface area contributed by atoms with Crippen LogP contribution in [0.5, 0.6) is 11.5 Å². The Balaban J connectivity index is 1.57. The fourth-order valence-electron chi connectivity index (χ4n) is 2.97. The summed E-state index contributed by atoms with van der Waals surface area (Å²) in [5.41, 5.74) is 4.04. The van der Waals surface area contributed by atoms with Gasteiger partial charge in [-0.25, -0.2) is 4.68 Å². The molecule has 1 aromatic heterocycles. The Hall–Kier alpha value is -3.28. The van der Waals surface area contributed by atoms with Crippen LogP contribution in [-0.4, -0.2) is 28.9 Å².